The van der Waals surface area contributed by atoms with Crippen LogP contribution < -0.4 is 5.32 Å². The van der Waals surface area contributed by atoms with Crippen LogP contribution in [0.5, 0.6) is 0 Å². The molecule has 0 unspecified atom stereocenters. The van der Waals surface area contributed by atoms with Crippen LogP contribution >= 0.6 is 15.9 Å². The zero-order valence-corrected chi connectivity index (χ0v) is 12.6. The Morgan fingerprint density at radius 2 is 2.19 bits per heavy atom. The van der Waals surface area contributed by atoms with Gasteiger partial charge in [-0.15, -0.1) is 0 Å². The lowest BCUT2D eigenvalue weighted by atomic mass is 10.1. The first-order valence-corrected chi connectivity index (χ1v) is 7.42. The number of hydrogen-bond acceptors (Lipinski definition) is 5. The van der Waals surface area contributed by atoms with Crippen LogP contribution in [0.3, 0.4) is 0 Å². The summed E-state index contributed by atoms with van der Waals surface area (Å²) in [5.74, 6) is 0.977. The van der Waals surface area contributed by atoms with E-state index in [1.54, 1.807) is 6.20 Å². The molecule has 0 aliphatic carbocycles. The first-order chi connectivity index (χ1) is 10.3. The van der Waals surface area contributed by atoms with E-state index in [-0.39, 0.29) is 0 Å². The monoisotopic (exact) mass is 342 g/mol. The van der Waals surface area contributed by atoms with Crippen LogP contribution in [-0.2, 0) is 6.42 Å². The fourth-order valence-electron chi connectivity index (χ4n) is 2.41. The van der Waals surface area contributed by atoms with Crippen LogP contribution in [0.4, 0.5) is 5.69 Å². The minimum absolute atomic E-state index is 0.478. The molecular formula is C15H11BrN4O. The highest BCUT2D eigenvalue weighted by Crippen LogP contribution is 2.30. The van der Waals surface area contributed by atoms with Gasteiger partial charge in [0.1, 0.15) is 5.69 Å². The standard InChI is InChI=1S/C15H11BrN4O/c16-11-2-1-6-18-13(11)14-19-15(21-20-14)10-4-3-9-5-7-17-12(9)8-10/h1-4,6,8,17H,5,7H2. The van der Waals surface area contributed by atoms with Crippen molar-refractivity contribution in [1.29, 1.82) is 0 Å². The molecule has 0 bridgehead atoms. The molecule has 0 amide bonds. The Kier molecular flexibility index (Phi) is 2.96. The molecule has 0 fully saturated rings. The number of anilines is 1. The van der Waals surface area contributed by atoms with E-state index in [0.717, 1.165) is 28.7 Å². The molecule has 104 valence electrons. The van der Waals surface area contributed by atoms with Crippen LogP contribution in [0.2, 0.25) is 0 Å². The van der Waals surface area contributed by atoms with Gasteiger partial charge in [-0.3, -0.25) is 4.98 Å². The molecule has 0 spiro atoms. The molecule has 21 heavy (non-hydrogen) atoms. The number of pyridine rings is 1. The van der Waals surface area contributed by atoms with E-state index in [1.165, 1.54) is 5.56 Å². The van der Waals surface area contributed by atoms with E-state index in [1.807, 2.05) is 24.3 Å². The molecule has 0 saturated carbocycles. The summed E-state index contributed by atoms with van der Waals surface area (Å²) in [6, 6.07) is 9.91. The lowest BCUT2D eigenvalue weighted by molar-refractivity contribution is 0.432. The third kappa shape index (κ3) is 2.21. The lowest BCUT2D eigenvalue weighted by Crippen LogP contribution is -1.91. The summed E-state index contributed by atoms with van der Waals surface area (Å²) in [5.41, 5.74) is 4.05. The van der Waals surface area contributed by atoms with E-state index >= 15 is 0 Å². The molecule has 3 aromatic rings. The van der Waals surface area contributed by atoms with Crippen LogP contribution in [0, 0.1) is 0 Å². The van der Waals surface area contributed by atoms with Gasteiger partial charge in [-0.2, -0.15) is 4.98 Å². The van der Waals surface area contributed by atoms with Gasteiger partial charge in [-0.25, -0.2) is 0 Å². The molecule has 2 aromatic heterocycles. The van der Waals surface area contributed by atoms with Crippen LogP contribution in [-0.4, -0.2) is 21.7 Å². The highest BCUT2D eigenvalue weighted by Gasteiger charge is 2.16. The van der Waals surface area contributed by atoms with Crippen molar-refractivity contribution < 1.29 is 4.52 Å². The van der Waals surface area contributed by atoms with E-state index in [2.05, 4.69) is 42.4 Å². The third-order valence-electron chi connectivity index (χ3n) is 3.46. The van der Waals surface area contributed by atoms with Crippen molar-refractivity contribution in [3.63, 3.8) is 0 Å². The highest BCUT2D eigenvalue weighted by molar-refractivity contribution is 9.10. The molecule has 1 aliphatic rings. The van der Waals surface area contributed by atoms with Crippen molar-refractivity contribution in [1.82, 2.24) is 15.1 Å². The molecule has 6 heteroatoms. The second-order valence-corrected chi connectivity index (χ2v) is 5.66. The first kappa shape index (κ1) is 12.5. The molecule has 1 N–H and O–H groups in total. The van der Waals surface area contributed by atoms with Gasteiger partial charge in [0, 0.05) is 28.5 Å². The van der Waals surface area contributed by atoms with Gasteiger partial charge >= 0.3 is 0 Å². The smallest absolute Gasteiger partial charge is 0.258 e. The third-order valence-corrected chi connectivity index (χ3v) is 4.10. The Labute approximate surface area is 129 Å². The summed E-state index contributed by atoms with van der Waals surface area (Å²) in [6.45, 7) is 0.981. The second kappa shape index (κ2) is 4.96. The first-order valence-electron chi connectivity index (χ1n) is 6.63. The number of hydrogen-bond donors (Lipinski definition) is 1. The molecule has 0 atom stereocenters. The number of benzene rings is 1. The van der Waals surface area contributed by atoms with E-state index < -0.39 is 0 Å². The number of rotatable bonds is 2. The summed E-state index contributed by atoms with van der Waals surface area (Å²) in [6.07, 6.45) is 2.76. The fraction of sp³-hybridized carbons (Fsp3) is 0.133. The molecule has 0 saturated heterocycles. The second-order valence-electron chi connectivity index (χ2n) is 4.81. The van der Waals surface area contributed by atoms with Crippen molar-refractivity contribution in [3.8, 4) is 23.0 Å². The van der Waals surface area contributed by atoms with Crippen LogP contribution in [0.15, 0.2) is 45.5 Å². The van der Waals surface area contributed by atoms with Crippen LogP contribution in [0.25, 0.3) is 23.0 Å². The predicted molar refractivity (Wildman–Crippen MR) is 82.9 cm³/mol. The summed E-state index contributed by atoms with van der Waals surface area (Å²) in [7, 11) is 0. The zero-order chi connectivity index (χ0) is 14.2. The molecule has 4 rings (SSSR count). The molecule has 0 radical (unpaired) electrons. The maximum absolute atomic E-state index is 5.37. The Balaban J connectivity index is 1.73. The number of aromatic nitrogens is 3. The van der Waals surface area contributed by atoms with Gasteiger partial charge in [0.05, 0.1) is 0 Å². The van der Waals surface area contributed by atoms with Crippen molar-refractivity contribution in [2.24, 2.45) is 0 Å². The van der Waals surface area contributed by atoms with Gasteiger partial charge in [0.15, 0.2) is 0 Å². The Hall–Kier alpha value is -2.21. The van der Waals surface area contributed by atoms with E-state index in [0.29, 0.717) is 17.4 Å². The maximum Gasteiger partial charge on any atom is 0.258 e. The molecule has 5 nitrogen and oxygen atoms in total. The summed E-state index contributed by atoms with van der Waals surface area (Å²) >= 11 is 3.44. The average Bonchev–Trinajstić information content (AvgIpc) is 3.16. The quantitative estimate of drug-likeness (QED) is 0.771. The number of halogens is 1. The molecular weight excluding hydrogens is 332 g/mol. The predicted octanol–water partition coefficient (Wildman–Crippen LogP) is 3.53. The van der Waals surface area contributed by atoms with Gasteiger partial charge in [-0.05, 0) is 52.2 Å². The van der Waals surface area contributed by atoms with E-state index in [4.69, 9.17) is 4.52 Å². The minimum Gasteiger partial charge on any atom is -0.384 e. The van der Waals surface area contributed by atoms with Gasteiger partial charge in [-0.1, -0.05) is 11.2 Å². The fourth-order valence-corrected chi connectivity index (χ4v) is 2.84. The molecule has 1 aromatic carbocycles. The summed E-state index contributed by atoms with van der Waals surface area (Å²) < 4.78 is 6.21. The van der Waals surface area contributed by atoms with Crippen molar-refractivity contribution in [2.75, 3.05) is 11.9 Å². The molecule has 1 aliphatic heterocycles. The topological polar surface area (TPSA) is 63.8 Å². The molecule has 3 heterocycles. The normalized spacial score (nSPS) is 13.0. The van der Waals surface area contributed by atoms with Crippen molar-refractivity contribution >= 4 is 21.6 Å². The maximum atomic E-state index is 5.37. The van der Waals surface area contributed by atoms with Crippen molar-refractivity contribution in [2.45, 2.75) is 6.42 Å². The van der Waals surface area contributed by atoms with Gasteiger partial charge in [0.2, 0.25) is 5.82 Å². The minimum atomic E-state index is 0.478. The number of nitrogens with zero attached hydrogens (tertiary/aromatic N) is 3. The zero-order valence-electron chi connectivity index (χ0n) is 11.0. The largest absolute Gasteiger partial charge is 0.384 e. The van der Waals surface area contributed by atoms with Gasteiger partial charge < -0.3 is 9.84 Å². The summed E-state index contributed by atoms with van der Waals surface area (Å²) in [4.78, 5) is 8.71. The Morgan fingerprint density at radius 3 is 3.10 bits per heavy atom. The number of fused-ring (bicyclic) bond motifs is 1. The van der Waals surface area contributed by atoms with Crippen LogP contribution in [0.1, 0.15) is 5.56 Å². The van der Waals surface area contributed by atoms with E-state index in [9.17, 15) is 0 Å². The summed E-state index contributed by atoms with van der Waals surface area (Å²) in [5, 5.41) is 7.37. The lowest BCUT2D eigenvalue weighted by Gasteiger charge is -2.00. The Morgan fingerprint density at radius 1 is 1.24 bits per heavy atom. The number of nitrogens with one attached hydrogen (secondary N) is 1. The average molecular weight is 343 g/mol. The van der Waals surface area contributed by atoms with Gasteiger partial charge in [0.25, 0.3) is 5.89 Å². The highest BCUT2D eigenvalue weighted by atomic mass is 79.9. The van der Waals surface area contributed by atoms with Crippen molar-refractivity contribution in [3.05, 3.63) is 46.6 Å². The SMILES string of the molecule is Brc1cccnc1-c1noc(-c2ccc3c(c2)NCC3)n1. The Bertz CT molecular complexity index is 815.